The summed E-state index contributed by atoms with van der Waals surface area (Å²) in [6, 6.07) is 0. The van der Waals surface area contributed by atoms with Crippen LogP contribution in [0.3, 0.4) is 0 Å². The first-order valence-electron chi connectivity index (χ1n) is 4.05. The standard InChI is InChI=1S/C9H16ClO/c1-4-5-6-7(2)9(11)8(3)10/h3,7,9,11H,4-6H2,1-2H3. The van der Waals surface area contributed by atoms with Crippen molar-refractivity contribution in [2.75, 3.05) is 0 Å². The third-order valence-electron chi connectivity index (χ3n) is 1.83. The van der Waals surface area contributed by atoms with E-state index in [2.05, 4.69) is 6.92 Å². The van der Waals surface area contributed by atoms with E-state index < -0.39 is 6.10 Å². The molecule has 0 amide bonds. The molecular formula is C9H16ClO. The number of halogens is 1. The molecule has 0 aromatic heterocycles. The molecule has 0 bridgehead atoms. The lowest BCUT2D eigenvalue weighted by Crippen LogP contribution is -2.17. The van der Waals surface area contributed by atoms with Crippen molar-refractivity contribution in [1.29, 1.82) is 0 Å². The molecule has 0 aromatic carbocycles. The maximum atomic E-state index is 9.33. The van der Waals surface area contributed by atoms with Gasteiger partial charge in [0.15, 0.2) is 0 Å². The summed E-state index contributed by atoms with van der Waals surface area (Å²) in [7, 11) is 0. The molecule has 0 aliphatic carbocycles. The fourth-order valence-corrected chi connectivity index (χ4v) is 1.17. The minimum atomic E-state index is -0.650. The normalized spacial score (nSPS) is 16.0. The van der Waals surface area contributed by atoms with Gasteiger partial charge >= 0.3 is 0 Å². The summed E-state index contributed by atoms with van der Waals surface area (Å²) in [5.41, 5.74) is 0. The maximum absolute atomic E-state index is 9.33. The summed E-state index contributed by atoms with van der Waals surface area (Å²) < 4.78 is 0. The first-order chi connectivity index (χ1) is 5.09. The highest BCUT2D eigenvalue weighted by molar-refractivity contribution is 6.29. The van der Waals surface area contributed by atoms with Gasteiger partial charge in [-0.2, -0.15) is 0 Å². The van der Waals surface area contributed by atoms with Crippen molar-refractivity contribution in [3.05, 3.63) is 11.6 Å². The average Bonchev–Trinajstić information content (AvgIpc) is 1.98. The summed E-state index contributed by atoms with van der Waals surface area (Å²) in [4.78, 5) is 0. The highest BCUT2D eigenvalue weighted by atomic mass is 35.5. The molecule has 0 saturated carbocycles. The predicted molar refractivity (Wildman–Crippen MR) is 48.4 cm³/mol. The molecule has 1 radical (unpaired) electrons. The van der Waals surface area contributed by atoms with Gasteiger partial charge in [0.1, 0.15) is 0 Å². The lowest BCUT2D eigenvalue weighted by Gasteiger charge is -2.16. The van der Waals surface area contributed by atoms with Gasteiger partial charge in [-0.15, -0.1) is 0 Å². The molecule has 2 unspecified atom stereocenters. The highest BCUT2D eigenvalue weighted by Gasteiger charge is 2.14. The van der Waals surface area contributed by atoms with Gasteiger partial charge in [-0.05, 0) is 18.9 Å². The summed E-state index contributed by atoms with van der Waals surface area (Å²) in [6.45, 7) is 9.31. The average molecular weight is 176 g/mol. The van der Waals surface area contributed by atoms with E-state index in [1.165, 1.54) is 0 Å². The van der Waals surface area contributed by atoms with E-state index in [1.54, 1.807) is 0 Å². The molecule has 0 rings (SSSR count). The van der Waals surface area contributed by atoms with Gasteiger partial charge in [-0.1, -0.05) is 38.3 Å². The molecule has 1 N–H and O–H groups in total. The number of unbranched alkanes of at least 4 members (excludes halogenated alkanes) is 1. The van der Waals surface area contributed by atoms with Gasteiger partial charge in [0.25, 0.3) is 0 Å². The Morgan fingerprint density at radius 3 is 2.55 bits per heavy atom. The molecule has 0 heterocycles. The van der Waals surface area contributed by atoms with E-state index >= 15 is 0 Å². The van der Waals surface area contributed by atoms with Crippen molar-refractivity contribution in [3.63, 3.8) is 0 Å². The number of rotatable bonds is 5. The molecule has 2 atom stereocenters. The molecule has 0 saturated heterocycles. The monoisotopic (exact) mass is 175 g/mol. The maximum Gasteiger partial charge on any atom is 0.0921 e. The Balaban J connectivity index is 3.63. The third kappa shape index (κ3) is 4.44. The Morgan fingerprint density at radius 1 is 1.64 bits per heavy atom. The second kappa shape index (κ2) is 5.62. The van der Waals surface area contributed by atoms with Crippen LogP contribution in [0.5, 0.6) is 0 Å². The molecule has 0 spiro atoms. The van der Waals surface area contributed by atoms with Crippen LogP contribution in [0.15, 0.2) is 5.03 Å². The summed E-state index contributed by atoms with van der Waals surface area (Å²) in [6.07, 6.45) is 2.58. The molecule has 0 aliphatic heterocycles. The Labute approximate surface area is 74.1 Å². The number of hydrogen-bond donors (Lipinski definition) is 1. The van der Waals surface area contributed by atoms with Gasteiger partial charge < -0.3 is 5.11 Å². The molecule has 0 fully saturated rings. The van der Waals surface area contributed by atoms with Gasteiger partial charge in [-0.25, -0.2) is 0 Å². The molecular weight excluding hydrogens is 160 g/mol. The van der Waals surface area contributed by atoms with Crippen molar-refractivity contribution in [2.45, 2.75) is 39.2 Å². The smallest absolute Gasteiger partial charge is 0.0921 e. The largest absolute Gasteiger partial charge is 0.387 e. The Hall–Kier alpha value is -0.0100. The number of aliphatic hydroxyl groups is 1. The lowest BCUT2D eigenvalue weighted by molar-refractivity contribution is 0.151. The topological polar surface area (TPSA) is 20.2 Å². The van der Waals surface area contributed by atoms with Gasteiger partial charge in [-0.3, -0.25) is 0 Å². The molecule has 0 aromatic rings. The highest BCUT2D eigenvalue weighted by Crippen LogP contribution is 2.18. The van der Waals surface area contributed by atoms with Gasteiger partial charge in [0, 0.05) is 5.03 Å². The third-order valence-corrected chi connectivity index (χ3v) is 2.06. The van der Waals surface area contributed by atoms with E-state index in [0.29, 0.717) is 0 Å². The first-order valence-corrected chi connectivity index (χ1v) is 4.43. The van der Waals surface area contributed by atoms with Crippen LogP contribution in [-0.4, -0.2) is 11.2 Å². The zero-order valence-corrected chi connectivity index (χ0v) is 7.93. The van der Waals surface area contributed by atoms with E-state index in [9.17, 15) is 5.11 Å². The first kappa shape index (κ1) is 11.0. The summed E-state index contributed by atoms with van der Waals surface area (Å²) in [5, 5.41) is 9.43. The van der Waals surface area contributed by atoms with Crippen LogP contribution in [0, 0.1) is 12.5 Å². The fourth-order valence-electron chi connectivity index (χ4n) is 0.956. The van der Waals surface area contributed by atoms with Crippen molar-refractivity contribution in [3.8, 4) is 0 Å². The second-order valence-corrected chi connectivity index (χ2v) is 3.39. The van der Waals surface area contributed by atoms with Crippen LogP contribution in [0.25, 0.3) is 0 Å². The summed E-state index contributed by atoms with van der Waals surface area (Å²) >= 11 is 5.45. The molecule has 1 nitrogen and oxygen atoms in total. The van der Waals surface area contributed by atoms with Crippen molar-refractivity contribution in [2.24, 2.45) is 5.92 Å². The molecule has 0 aliphatic rings. The predicted octanol–water partition coefficient (Wildman–Crippen LogP) is 2.73. The fraction of sp³-hybridized carbons (Fsp3) is 0.778. The minimum absolute atomic E-state index is 0.105. The zero-order chi connectivity index (χ0) is 8.85. The van der Waals surface area contributed by atoms with Crippen molar-refractivity contribution >= 4 is 11.6 Å². The minimum Gasteiger partial charge on any atom is -0.387 e. The van der Waals surface area contributed by atoms with Gasteiger partial charge in [0.2, 0.25) is 0 Å². The molecule has 2 heteroatoms. The van der Waals surface area contributed by atoms with E-state index in [0.717, 1.165) is 19.3 Å². The van der Waals surface area contributed by atoms with E-state index in [4.69, 9.17) is 18.2 Å². The van der Waals surface area contributed by atoms with Gasteiger partial charge in [0.05, 0.1) is 6.10 Å². The Bertz CT molecular complexity index is 123. The number of hydrogen-bond acceptors (Lipinski definition) is 1. The summed E-state index contributed by atoms with van der Waals surface area (Å²) in [5.74, 6) is 0.174. The van der Waals surface area contributed by atoms with E-state index in [1.807, 2.05) is 6.92 Å². The van der Waals surface area contributed by atoms with Crippen LogP contribution >= 0.6 is 11.6 Å². The lowest BCUT2D eigenvalue weighted by atomic mass is 9.98. The molecule has 65 valence electrons. The van der Waals surface area contributed by atoms with Crippen molar-refractivity contribution < 1.29 is 5.11 Å². The SMILES string of the molecule is [CH]=C(Cl)C(O)C(C)CCCC. The Kier molecular flexibility index (Phi) is 5.61. The molecule has 11 heavy (non-hydrogen) atoms. The van der Waals surface area contributed by atoms with Crippen LogP contribution in [0.2, 0.25) is 0 Å². The van der Waals surface area contributed by atoms with Crippen LogP contribution in [0.1, 0.15) is 33.1 Å². The van der Waals surface area contributed by atoms with Crippen LogP contribution < -0.4 is 0 Å². The zero-order valence-electron chi connectivity index (χ0n) is 7.18. The van der Waals surface area contributed by atoms with Crippen LogP contribution in [-0.2, 0) is 0 Å². The quantitative estimate of drug-likeness (QED) is 0.682. The number of aliphatic hydroxyl groups excluding tert-OH is 1. The van der Waals surface area contributed by atoms with Crippen LogP contribution in [0.4, 0.5) is 0 Å². The van der Waals surface area contributed by atoms with Crippen molar-refractivity contribution in [1.82, 2.24) is 0 Å². The Morgan fingerprint density at radius 2 is 2.18 bits per heavy atom. The second-order valence-electron chi connectivity index (χ2n) is 2.95. The van der Waals surface area contributed by atoms with E-state index in [-0.39, 0.29) is 11.0 Å².